The number of carbonyl (C=O) groups excluding carboxylic acids is 1. The van der Waals surface area contributed by atoms with Crippen LogP contribution in [0.5, 0.6) is 0 Å². The zero-order chi connectivity index (χ0) is 11.5. The van der Waals surface area contributed by atoms with E-state index >= 15 is 0 Å². The van der Waals surface area contributed by atoms with E-state index in [-0.39, 0.29) is 11.8 Å². The van der Waals surface area contributed by atoms with Crippen molar-refractivity contribution in [3.8, 4) is 0 Å². The van der Waals surface area contributed by atoms with Crippen molar-refractivity contribution in [3.63, 3.8) is 0 Å². The van der Waals surface area contributed by atoms with E-state index in [2.05, 4.69) is 10.3 Å². The van der Waals surface area contributed by atoms with Crippen molar-refractivity contribution in [2.45, 2.75) is 26.3 Å². The van der Waals surface area contributed by atoms with Crippen LogP contribution < -0.4 is 11.1 Å². The van der Waals surface area contributed by atoms with Gasteiger partial charge in [0.2, 0.25) is 5.91 Å². The Morgan fingerprint density at radius 1 is 1.62 bits per heavy atom. The van der Waals surface area contributed by atoms with Crippen LogP contribution in [0.1, 0.15) is 25.3 Å². The van der Waals surface area contributed by atoms with E-state index in [9.17, 15) is 4.79 Å². The fraction of sp³-hybridized carbons (Fsp3) is 0.500. The highest BCUT2D eigenvalue weighted by molar-refractivity contribution is 5.91. The van der Waals surface area contributed by atoms with Crippen molar-refractivity contribution in [2.24, 2.45) is 17.6 Å². The molecule has 0 spiro atoms. The van der Waals surface area contributed by atoms with Crippen LogP contribution in [0.4, 0.5) is 5.82 Å². The molecule has 2 rings (SSSR count). The number of aromatic nitrogens is 1. The fourth-order valence-electron chi connectivity index (χ4n) is 1.67. The average molecular weight is 219 g/mol. The van der Waals surface area contributed by atoms with Crippen molar-refractivity contribution in [2.75, 3.05) is 5.32 Å². The Morgan fingerprint density at radius 2 is 2.38 bits per heavy atom. The van der Waals surface area contributed by atoms with Crippen LogP contribution >= 0.6 is 0 Å². The smallest absolute Gasteiger partial charge is 0.228 e. The molecule has 4 heteroatoms. The molecule has 1 saturated carbocycles. The molecule has 1 amide bonds. The lowest BCUT2D eigenvalue weighted by atomic mass is 10.1. The molecule has 0 aromatic carbocycles. The second-order valence-electron chi connectivity index (χ2n) is 4.37. The summed E-state index contributed by atoms with van der Waals surface area (Å²) in [6.07, 6.45) is 4.04. The zero-order valence-electron chi connectivity index (χ0n) is 9.44. The van der Waals surface area contributed by atoms with Crippen molar-refractivity contribution < 1.29 is 4.79 Å². The standard InChI is InChI=1S/C12H17N3O/c1-8(10-3-4-10)12(16)15-11-5-2-9(6-13)7-14-11/h2,5,7-8,10H,3-4,6,13H2,1H3,(H,14,15,16). The van der Waals surface area contributed by atoms with Gasteiger partial charge in [0.1, 0.15) is 5.82 Å². The number of nitrogens with one attached hydrogen (secondary N) is 1. The van der Waals surface area contributed by atoms with Crippen molar-refractivity contribution in [1.82, 2.24) is 4.98 Å². The van der Waals surface area contributed by atoms with Gasteiger partial charge in [0, 0.05) is 18.7 Å². The molecule has 3 N–H and O–H groups in total. The first-order valence-corrected chi connectivity index (χ1v) is 5.66. The summed E-state index contributed by atoms with van der Waals surface area (Å²) in [5.41, 5.74) is 6.44. The Bertz CT molecular complexity index is 370. The predicted molar refractivity (Wildman–Crippen MR) is 62.6 cm³/mol. The van der Waals surface area contributed by atoms with Gasteiger partial charge in [-0.1, -0.05) is 13.0 Å². The van der Waals surface area contributed by atoms with Crippen molar-refractivity contribution in [3.05, 3.63) is 23.9 Å². The molecule has 0 saturated heterocycles. The normalized spacial score (nSPS) is 16.9. The molecule has 16 heavy (non-hydrogen) atoms. The summed E-state index contributed by atoms with van der Waals surface area (Å²) in [7, 11) is 0. The maximum Gasteiger partial charge on any atom is 0.228 e. The van der Waals surface area contributed by atoms with Gasteiger partial charge in [-0.3, -0.25) is 4.79 Å². The van der Waals surface area contributed by atoms with E-state index in [0.717, 1.165) is 5.56 Å². The van der Waals surface area contributed by atoms with Gasteiger partial charge < -0.3 is 11.1 Å². The van der Waals surface area contributed by atoms with E-state index in [4.69, 9.17) is 5.73 Å². The first-order valence-electron chi connectivity index (χ1n) is 5.66. The molecule has 4 nitrogen and oxygen atoms in total. The molecular weight excluding hydrogens is 202 g/mol. The third-order valence-electron chi connectivity index (χ3n) is 3.05. The number of pyridine rings is 1. The number of nitrogens with zero attached hydrogens (tertiary/aromatic N) is 1. The number of carbonyl (C=O) groups is 1. The Balaban J connectivity index is 1.94. The summed E-state index contributed by atoms with van der Waals surface area (Å²) in [6.45, 7) is 2.45. The van der Waals surface area contributed by atoms with Gasteiger partial charge >= 0.3 is 0 Å². The maximum atomic E-state index is 11.8. The quantitative estimate of drug-likeness (QED) is 0.806. The monoisotopic (exact) mass is 219 g/mol. The Hall–Kier alpha value is -1.42. The van der Waals surface area contributed by atoms with Crippen LogP contribution in [0.25, 0.3) is 0 Å². The van der Waals surface area contributed by atoms with E-state index < -0.39 is 0 Å². The highest BCUT2D eigenvalue weighted by Crippen LogP contribution is 2.36. The molecule has 1 aliphatic rings. The highest BCUT2D eigenvalue weighted by atomic mass is 16.1. The molecule has 0 radical (unpaired) electrons. The van der Waals surface area contributed by atoms with Crippen LogP contribution in [0.2, 0.25) is 0 Å². The van der Waals surface area contributed by atoms with Crippen LogP contribution in [-0.2, 0) is 11.3 Å². The summed E-state index contributed by atoms with van der Waals surface area (Å²) in [6, 6.07) is 3.67. The topological polar surface area (TPSA) is 68.0 Å². The molecular formula is C12H17N3O. The SMILES string of the molecule is CC(C(=O)Nc1ccc(CN)cn1)C1CC1. The summed E-state index contributed by atoms with van der Waals surface area (Å²) in [5.74, 6) is 1.34. The second-order valence-corrected chi connectivity index (χ2v) is 4.37. The summed E-state index contributed by atoms with van der Waals surface area (Å²) in [4.78, 5) is 15.9. The van der Waals surface area contributed by atoms with E-state index in [1.165, 1.54) is 12.8 Å². The number of amides is 1. The minimum absolute atomic E-state index is 0.0653. The van der Waals surface area contributed by atoms with Crippen LogP contribution in [0.3, 0.4) is 0 Å². The summed E-state index contributed by atoms with van der Waals surface area (Å²) >= 11 is 0. The first-order chi connectivity index (χ1) is 7.70. The number of hydrogen-bond acceptors (Lipinski definition) is 3. The van der Waals surface area contributed by atoms with Crippen molar-refractivity contribution in [1.29, 1.82) is 0 Å². The third-order valence-corrected chi connectivity index (χ3v) is 3.05. The highest BCUT2D eigenvalue weighted by Gasteiger charge is 2.32. The average Bonchev–Trinajstić information content (AvgIpc) is 3.13. The molecule has 1 atom stereocenters. The molecule has 0 bridgehead atoms. The van der Waals surface area contributed by atoms with Crippen molar-refractivity contribution >= 4 is 11.7 Å². The molecule has 0 aliphatic heterocycles. The van der Waals surface area contributed by atoms with Gasteiger partial charge in [-0.05, 0) is 30.4 Å². The number of nitrogens with two attached hydrogens (primary N) is 1. The lowest BCUT2D eigenvalue weighted by Crippen LogP contribution is -2.22. The molecule has 1 aromatic heterocycles. The van der Waals surface area contributed by atoms with E-state index in [0.29, 0.717) is 18.3 Å². The minimum atomic E-state index is 0.0653. The molecule has 1 fully saturated rings. The van der Waals surface area contributed by atoms with Gasteiger partial charge in [-0.25, -0.2) is 4.98 Å². The van der Waals surface area contributed by atoms with Crippen LogP contribution in [0, 0.1) is 11.8 Å². The summed E-state index contributed by atoms with van der Waals surface area (Å²) in [5, 5.41) is 2.82. The van der Waals surface area contributed by atoms with Gasteiger partial charge in [-0.2, -0.15) is 0 Å². The first kappa shape index (κ1) is 11.1. The largest absolute Gasteiger partial charge is 0.326 e. The Kier molecular flexibility index (Phi) is 3.19. The molecule has 1 heterocycles. The fourth-order valence-corrected chi connectivity index (χ4v) is 1.67. The lowest BCUT2D eigenvalue weighted by Gasteiger charge is -2.10. The Labute approximate surface area is 95.3 Å². The van der Waals surface area contributed by atoms with Gasteiger partial charge in [0.15, 0.2) is 0 Å². The van der Waals surface area contributed by atoms with Crippen LogP contribution in [0.15, 0.2) is 18.3 Å². The number of hydrogen-bond donors (Lipinski definition) is 2. The van der Waals surface area contributed by atoms with E-state index in [1.807, 2.05) is 13.0 Å². The lowest BCUT2D eigenvalue weighted by molar-refractivity contribution is -0.119. The molecule has 1 aliphatic carbocycles. The van der Waals surface area contributed by atoms with Gasteiger partial charge in [0.25, 0.3) is 0 Å². The minimum Gasteiger partial charge on any atom is -0.326 e. The number of anilines is 1. The van der Waals surface area contributed by atoms with Crippen LogP contribution in [-0.4, -0.2) is 10.9 Å². The van der Waals surface area contributed by atoms with Gasteiger partial charge in [-0.15, -0.1) is 0 Å². The van der Waals surface area contributed by atoms with E-state index in [1.54, 1.807) is 12.3 Å². The molecule has 1 unspecified atom stereocenters. The Morgan fingerprint density at radius 3 is 2.88 bits per heavy atom. The summed E-state index contributed by atoms with van der Waals surface area (Å²) < 4.78 is 0. The zero-order valence-corrected chi connectivity index (χ0v) is 9.44. The maximum absolute atomic E-state index is 11.8. The third kappa shape index (κ3) is 2.58. The second kappa shape index (κ2) is 4.61. The van der Waals surface area contributed by atoms with Gasteiger partial charge in [0.05, 0.1) is 0 Å². The predicted octanol–water partition coefficient (Wildman–Crippen LogP) is 1.52. The molecule has 1 aromatic rings. The molecule has 86 valence electrons. The number of rotatable bonds is 4.